The van der Waals surface area contributed by atoms with Crippen LogP contribution in [0.1, 0.15) is 10.5 Å². The van der Waals surface area contributed by atoms with E-state index in [9.17, 15) is 4.79 Å². The Kier molecular flexibility index (Phi) is 6.40. The van der Waals surface area contributed by atoms with Crippen molar-refractivity contribution in [1.29, 1.82) is 0 Å². The van der Waals surface area contributed by atoms with Crippen molar-refractivity contribution < 1.29 is 14.3 Å². The second kappa shape index (κ2) is 9.17. The fourth-order valence-corrected chi connectivity index (χ4v) is 2.78. The monoisotopic (exact) mass is 356 g/mol. The number of para-hydroxylation sites is 2. The van der Waals surface area contributed by atoms with Gasteiger partial charge in [-0.25, -0.2) is 0 Å². The predicted molar refractivity (Wildman–Crippen MR) is 100 cm³/mol. The smallest absolute Gasteiger partial charge is 0.269 e. The first-order valence-electron chi connectivity index (χ1n) is 8.70. The normalized spacial score (nSPS) is 14.7. The van der Waals surface area contributed by atoms with Crippen molar-refractivity contribution in [2.75, 3.05) is 51.8 Å². The number of methoxy groups -OCH3 is 1. The van der Waals surface area contributed by atoms with Crippen LogP contribution in [0.15, 0.2) is 42.6 Å². The number of pyridine rings is 1. The van der Waals surface area contributed by atoms with Crippen molar-refractivity contribution in [2.45, 2.75) is 0 Å². The molecule has 3 rings (SSSR count). The van der Waals surface area contributed by atoms with E-state index in [1.807, 2.05) is 30.3 Å². The van der Waals surface area contributed by atoms with Crippen LogP contribution in [-0.2, 0) is 4.74 Å². The summed E-state index contributed by atoms with van der Waals surface area (Å²) in [4.78, 5) is 18.8. The minimum absolute atomic E-state index is 0.179. The Morgan fingerprint density at radius 2 is 2.08 bits per heavy atom. The molecule has 7 nitrogen and oxygen atoms in total. The minimum atomic E-state index is -0.179. The van der Waals surface area contributed by atoms with Crippen LogP contribution in [0.3, 0.4) is 0 Å². The zero-order valence-electron chi connectivity index (χ0n) is 14.9. The van der Waals surface area contributed by atoms with Gasteiger partial charge in [0, 0.05) is 38.1 Å². The molecule has 26 heavy (non-hydrogen) atoms. The van der Waals surface area contributed by atoms with E-state index in [-0.39, 0.29) is 5.91 Å². The molecule has 0 saturated carbocycles. The lowest BCUT2D eigenvalue weighted by Gasteiger charge is -2.26. The molecule has 0 spiro atoms. The van der Waals surface area contributed by atoms with Gasteiger partial charge in [0.25, 0.3) is 5.91 Å². The zero-order valence-corrected chi connectivity index (χ0v) is 14.9. The van der Waals surface area contributed by atoms with Crippen LogP contribution in [-0.4, -0.2) is 62.3 Å². The van der Waals surface area contributed by atoms with E-state index in [0.717, 1.165) is 50.0 Å². The van der Waals surface area contributed by atoms with E-state index in [2.05, 4.69) is 20.5 Å². The van der Waals surface area contributed by atoms with Gasteiger partial charge in [-0.2, -0.15) is 0 Å². The number of carbonyl (C=O) groups is 1. The number of anilines is 2. The van der Waals surface area contributed by atoms with Gasteiger partial charge in [-0.1, -0.05) is 12.1 Å². The lowest BCUT2D eigenvalue weighted by Crippen LogP contribution is -2.41. The molecule has 2 aromatic rings. The molecule has 0 radical (unpaired) electrons. The van der Waals surface area contributed by atoms with Crippen molar-refractivity contribution in [2.24, 2.45) is 0 Å². The first-order valence-corrected chi connectivity index (χ1v) is 8.70. The third-order valence-electron chi connectivity index (χ3n) is 4.20. The van der Waals surface area contributed by atoms with Gasteiger partial charge in [0.1, 0.15) is 11.4 Å². The van der Waals surface area contributed by atoms with Gasteiger partial charge in [0.05, 0.1) is 26.0 Å². The SMILES string of the molecule is COc1ccccc1Nc1ccnc(C(=O)NCCN2CCOCC2)c1. The number of aromatic nitrogens is 1. The molecule has 0 atom stereocenters. The lowest BCUT2D eigenvalue weighted by atomic mass is 10.2. The van der Waals surface area contributed by atoms with Gasteiger partial charge in [0.2, 0.25) is 0 Å². The maximum atomic E-state index is 12.3. The molecule has 1 aliphatic heterocycles. The molecular weight excluding hydrogens is 332 g/mol. The fourth-order valence-electron chi connectivity index (χ4n) is 2.78. The number of rotatable bonds is 7. The number of nitrogens with zero attached hydrogens (tertiary/aromatic N) is 2. The summed E-state index contributed by atoms with van der Waals surface area (Å²) in [7, 11) is 1.63. The Hall–Kier alpha value is -2.64. The van der Waals surface area contributed by atoms with E-state index in [4.69, 9.17) is 9.47 Å². The summed E-state index contributed by atoms with van der Waals surface area (Å²) in [5.41, 5.74) is 1.99. The fraction of sp³-hybridized carbons (Fsp3) is 0.368. The highest BCUT2D eigenvalue weighted by molar-refractivity contribution is 5.93. The predicted octanol–water partition coefficient (Wildman–Crippen LogP) is 1.90. The summed E-state index contributed by atoms with van der Waals surface area (Å²) in [5, 5.41) is 6.18. The Labute approximate surface area is 153 Å². The minimum Gasteiger partial charge on any atom is -0.495 e. The maximum Gasteiger partial charge on any atom is 0.269 e. The highest BCUT2D eigenvalue weighted by atomic mass is 16.5. The number of amides is 1. The third kappa shape index (κ3) is 4.93. The van der Waals surface area contributed by atoms with Gasteiger partial charge >= 0.3 is 0 Å². The highest BCUT2D eigenvalue weighted by Gasteiger charge is 2.12. The van der Waals surface area contributed by atoms with Crippen molar-refractivity contribution in [1.82, 2.24) is 15.2 Å². The third-order valence-corrected chi connectivity index (χ3v) is 4.20. The van der Waals surface area contributed by atoms with Gasteiger partial charge < -0.3 is 20.1 Å². The van der Waals surface area contributed by atoms with Gasteiger partial charge in [0.15, 0.2) is 0 Å². The topological polar surface area (TPSA) is 75.7 Å². The molecule has 0 bridgehead atoms. The molecule has 0 unspecified atom stereocenters. The summed E-state index contributed by atoms with van der Waals surface area (Å²) < 4.78 is 10.7. The Balaban J connectivity index is 1.56. The van der Waals surface area contributed by atoms with Crippen LogP contribution in [0.2, 0.25) is 0 Å². The molecule has 0 aliphatic carbocycles. The first kappa shape index (κ1) is 18.2. The van der Waals surface area contributed by atoms with E-state index < -0.39 is 0 Å². The number of nitrogens with one attached hydrogen (secondary N) is 2. The van der Waals surface area contributed by atoms with E-state index in [1.165, 1.54) is 0 Å². The molecule has 2 N–H and O–H groups in total. The van der Waals surface area contributed by atoms with Crippen LogP contribution in [0, 0.1) is 0 Å². The molecule has 138 valence electrons. The van der Waals surface area contributed by atoms with Crippen molar-refractivity contribution in [3.8, 4) is 5.75 Å². The molecule has 2 heterocycles. The molecule has 1 aromatic carbocycles. The highest BCUT2D eigenvalue weighted by Crippen LogP contribution is 2.26. The molecule has 1 saturated heterocycles. The summed E-state index contributed by atoms with van der Waals surface area (Å²) >= 11 is 0. The second-order valence-corrected chi connectivity index (χ2v) is 5.96. The largest absolute Gasteiger partial charge is 0.495 e. The molecular formula is C19H24N4O3. The number of benzene rings is 1. The lowest BCUT2D eigenvalue weighted by molar-refractivity contribution is 0.0383. The van der Waals surface area contributed by atoms with E-state index in [0.29, 0.717) is 12.2 Å². The number of hydrogen-bond donors (Lipinski definition) is 2. The Bertz CT molecular complexity index is 732. The Morgan fingerprint density at radius 3 is 2.88 bits per heavy atom. The molecule has 1 aliphatic rings. The quantitative estimate of drug-likeness (QED) is 0.789. The molecule has 1 aromatic heterocycles. The maximum absolute atomic E-state index is 12.3. The molecule has 1 amide bonds. The zero-order chi connectivity index (χ0) is 18.2. The van der Waals surface area contributed by atoms with Crippen LogP contribution >= 0.6 is 0 Å². The number of morpholine rings is 1. The standard InChI is InChI=1S/C19H24N4O3/c1-25-18-5-3-2-4-16(18)22-15-6-7-20-17(14-15)19(24)21-8-9-23-10-12-26-13-11-23/h2-7,14H,8-13H2,1H3,(H,20,22)(H,21,24). The number of carbonyl (C=O) groups excluding carboxylic acids is 1. The van der Waals surface area contributed by atoms with E-state index in [1.54, 1.807) is 19.4 Å². The van der Waals surface area contributed by atoms with Crippen LogP contribution in [0.25, 0.3) is 0 Å². The van der Waals surface area contributed by atoms with E-state index >= 15 is 0 Å². The number of ether oxygens (including phenoxy) is 2. The molecule has 1 fully saturated rings. The summed E-state index contributed by atoms with van der Waals surface area (Å²) in [6, 6.07) is 11.2. The van der Waals surface area contributed by atoms with Crippen LogP contribution in [0.4, 0.5) is 11.4 Å². The van der Waals surface area contributed by atoms with Crippen molar-refractivity contribution in [3.05, 3.63) is 48.3 Å². The van der Waals surface area contributed by atoms with Crippen LogP contribution < -0.4 is 15.4 Å². The van der Waals surface area contributed by atoms with Crippen molar-refractivity contribution >= 4 is 17.3 Å². The molecule has 7 heteroatoms. The van der Waals surface area contributed by atoms with Crippen molar-refractivity contribution in [3.63, 3.8) is 0 Å². The van der Waals surface area contributed by atoms with Crippen LogP contribution in [0.5, 0.6) is 5.75 Å². The average molecular weight is 356 g/mol. The Morgan fingerprint density at radius 1 is 1.27 bits per heavy atom. The summed E-state index contributed by atoms with van der Waals surface area (Å²) in [6.07, 6.45) is 1.62. The summed E-state index contributed by atoms with van der Waals surface area (Å²) in [6.45, 7) is 4.73. The summed E-state index contributed by atoms with van der Waals surface area (Å²) in [5.74, 6) is 0.558. The first-order chi connectivity index (χ1) is 12.8. The second-order valence-electron chi connectivity index (χ2n) is 5.96. The van der Waals surface area contributed by atoms with Gasteiger partial charge in [-0.3, -0.25) is 14.7 Å². The number of hydrogen-bond acceptors (Lipinski definition) is 6. The van der Waals surface area contributed by atoms with Gasteiger partial charge in [-0.05, 0) is 24.3 Å². The average Bonchev–Trinajstić information content (AvgIpc) is 2.69. The van der Waals surface area contributed by atoms with Gasteiger partial charge in [-0.15, -0.1) is 0 Å².